The molecule has 0 bridgehead atoms. The highest BCUT2D eigenvalue weighted by Crippen LogP contribution is 2.26. The quantitative estimate of drug-likeness (QED) is 0.714. The number of benzene rings is 2. The molecular weight excluding hydrogens is 340 g/mol. The number of anilines is 3. The molecule has 0 fully saturated rings. The number of nitrogens with one attached hydrogen (secondary N) is 2. The van der Waals surface area contributed by atoms with E-state index in [0.29, 0.717) is 17.3 Å². The van der Waals surface area contributed by atoms with Crippen molar-refractivity contribution in [3.63, 3.8) is 0 Å². The predicted octanol–water partition coefficient (Wildman–Crippen LogP) is 4.36. The van der Waals surface area contributed by atoms with Gasteiger partial charge in [0, 0.05) is 5.56 Å². The first kappa shape index (κ1) is 17.3. The van der Waals surface area contributed by atoms with E-state index in [1.807, 2.05) is 24.3 Å². The zero-order chi connectivity index (χ0) is 18.5. The molecule has 2 N–H and O–H groups in total. The van der Waals surface area contributed by atoms with Crippen molar-refractivity contribution in [3.05, 3.63) is 78.0 Å². The van der Waals surface area contributed by atoms with Gasteiger partial charge in [0.1, 0.15) is 11.6 Å². The van der Waals surface area contributed by atoms with Gasteiger partial charge in [-0.2, -0.15) is 0 Å². The van der Waals surface area contributed by atoms with Crippen LogP contribution in [0.25, 0.3) is 0 Å². The second-order valence-electron chi connectivity index (χ2n) is 5.34. The van der Waals surface area contributed by atoms with Crippen LogP contribution in [0.5, 0.6) is 5.75 Å². The average Bonchev–Trinajstić information content (AvgIpc) is 2.66. The Balaban J connectivity index is 1.69. The van der Waals surface area contributed by atoms with Crippen LogP contribution in [0.4, 0.5) is 26.0 Å². The number of hydrogen-bond donors (Lipinski definition) is 2. The summed E-state index contributed by atoms with van der Waals surface area (Å²) in [6.45, 7) is 0. The molecule has 1 heterocycles. The van der Waals surface area contributed by atoms with Crippen molar-refractivity contribution in [2.45, 2.75) is 0 Å². The fourth-order valence-corrected chi connectivity index (χ4v) is 2.27. The molecule has 0 radical (unpaired) electrons. The zero-order valence-corrected chi connectivity index (χ0v) is 13.8. The number of ether oxygens (including phenoxy) is 1. The highest BCUT2D eigenvalue weighted by molar-refractivity contribution is 6.04. The van der Waals surface area contributed by atoms with Crippen LogP contribution >= 0.6 is 0 Å². The molecule has 0 saturated heterocycles. The van der Waals surface area contributed by atoms with Gasteiger partial charge in [-0.3, -0.25) is 4.79 Å². The molecule has 0 spiro atoms. The maximum absolute atomic E-state index is 13.2. The summed E-state index contributed by atoms with van der Waals surface area (Å²) in [5, 5.41) is 5.68. The van der Waals surface area contributed by atoms with Gasteiger partial charge >= 0.3 is 0 Å². The van der Waals surface area contributed by atoms with Gasteiger partial charge in [0.05, 0.1) is 24.7 Å². The van der Waals surface area contributed by atoms with Gasteiger partial charge in [0.2, 0.25) is 0 Å². The molecule has 132 valence electrons. The van der Waals surface area contributed by atoms with Crippen molar-refractivity contribution in [2.75, 3.05) is 17.7 Å². The van der Waals surface area contributed by atoms with Crippen molar-refractivity contribution in [1.82, 2.24) is 4.98 Å². The summed E-state index contributed by atoms with van der Waals surface area (Å²) in [6.07, 6.45) is 1.45. The van der Waals surface area contributed by atoms with Crippen molar-refractivity contribution >= 4 is 23.1 Å². The molecule has 1 aromatic heterocycles. The van der Waals surface area contributed by atoms with Crippen LogP contribution in [0.3, 0.4) is 0 Å². The van der Waals surface area contributed by atoms with E-state index in [-0.39, 0.29) is 5.56 Å². The standard InChI is InChI=1S/C19H15F2N3O2/c1-26-17-5-3-2-4-16(17)24-18-9-7-13(11-22-18)23-19(25)12-6-8-14(20)15(21)10-12/h2-11H,1H3,(H,22,24)(H,23,25). The van der Waals surface area contributed by atoms with Crippen LogP contribution in [-0.4, -0.2) is 18.0 Å². The predicted molar refractivity (Wildman–Crippen MR) is 94.8 cm³/mol. The van der Waals surface area contributed by atoms with Crippen LogP contribution in [0.1, 0.15) is 10.4 Å². The monoisotopic (exact) mass is 355 g/mol. The third-order valence-corrected chi connectivity index (χ3v) is 3.57. The molecule has 0 aliphatic rings. The van der Waals surface area contributed by atoms with Crippen LogP contribution in [0.2, 0.25) is 0 Å². The number of hydrogen-bond acceptors (Lipinski definition) is 4. The Morgan fingerprint density at radius 1 is 1.04 bits per heavy atom. The largest absolute Gasteiger partial charge is 0.495 e. The normalized spacial score (nSPS) is 10.3. The van der Waals surface area contributed by atoms with Gasteiger partial charge in [-0.15, -0.1) is 0 Å². The SMILES string of the molecule is COc1ccccc1Nc1ccc(NC(=O)c2ccc(F)c(F)c2)cn1. The van der Waals surface area contributed by atoms with Gasteiger partial charge in [0.25, 0.3) is 5.91 Å². The summed E-state index contributed by atoms with van der Waals surface area (Å²) in [7, 11) is 1.57. The van der Waals surface area contributed by atoms with E-state index >= 15 is 0 Å². The van der Waals surface area contributed by atoms with E-state index in [2.05, 4.69) is 15.6 Å². The number of nitrogens with zero attached hydrogens (tertiary/aromatic N) is 1. The fourth-order valence-electron chi connectivity index (χ4n) is 2.27. The van der Waals surface area contributed by atoms with Gasteiger partial charge in [-0.25, -0.2) is 13.8 Å². The first-order valence-electron chi connectivity index (χ1n) is 7.69. The molecule has 7 heteroatoms. The highest BCUT2D eigenvalue weighted by atomic mass is 19.2. The smallest absolute Gasteiger partial charge is 0.255 e. The lowest BCUT2D eigenvalue weighted by Crippen LogP contribution is -2.12. The highest BCUT2D eigenvalue weighted by Gasteiger charge is 2.10. The number of para-hydroxylation sites is 2. The third kappa shape index (κ3) is 3.94. The first-order chi connectivity index (χ1) is 12.6. The van der Waals surface area contributed by atoms with Gasteiger partial charge < -0.3 is 15.4 Å². The summed E-state index contributed by atoms with van der Waals surface area (Å²) < 4.78 is 31.4. The molecule has 0 saturated carbocycles. The Bertz CT molecular complexity index is 930. The Labute approximate surface area is 148 Å². The van der Waals surface area contributed by atoms with Gasteiger partial charge in [-0.05, 0) is 42.5 Å². The molecule has 26 heavy (non-hydrogen) atoms. The number of rotatable bonds is 5. The molecule has 0 aliphatic carbocycles. The summed E-state index contributed by atoms with van der Waals surface area (Å²) in [5.41, 5.74) is 1.19. The van der Waals surface area contributed by atoms with Crippen molar-refractivity contribution in [2.24, 2.45) is 0 Å². The Morgan fingerprint density at radius 2 is 1.85 bits per heavy atom. The Kier molecular flexibility index (Phi) is 5.07. The second-order valence-corrected chi connectivity index (χ2v) is 5.34. The van der Waals surface area contributed by atoms with Crippen molar-refractivity contribution < 1.29 is 18.3 Å². The second kappa shape index (κ2) is 7.60. The summed E-state index contributed by atoms with van der Waals surface area (Å²) in [4.78, 5) is 16.3. The Hall–Kier alpha value is -3.48. The first-order valence-corrected chi connectivity index (χ1v) is 7.69. The molecule has 2 aromatic carbocycles. The van der Waals surface area contributed by atoms with E-state index in [1.54, 1.807) is 19.2 Å². The number of methoxy groups -OCH3 is 1. The lowest BCUT2D eigenvalue weighted by Gasteiger charge is -2.11. The van der Waals surface area contributed by atoms with Crippen LogP contribution < -0.4 is 15.4 Å². The molecule has 0 atom stereocenters. The molecule has 3 rings (SSSR count). The third-order valence-electron chi connectivity index (χ3n) is 3.57. The zero-order valence-electron chi connectivity index (χ0n) is 13.8. The molecule has 1 amide bonds. The topological polar surface area (TPSA) is 63.2 Å². The maximum atomic E-state index is 13.2. The number of carbonyl (C=O) groups excluding carboxylic acids is 1. The number of carbonyl (C=O) groups is 1. The maximum Gasteiger partial charge on any atom is 0.255 e. The van der Waals surface area contributed by atoms with Gasteiger partial charge in [0.15, 0.2) is 11.6 Å². The minimum atomic E-state index is -1.08. The van der Waals surface area contributed by atoms with Crippen LogP contribution in [0, 0.1) is 11.6 Å². The molecule has 0 unspecified atom stereocenters. The molecule has 0 aliphatic heterocycles. The number of pyridine rings is 1. The lowest BCUT2D eigenvalue weighted by molar-refractivity contribution is 0.102. The van der Waals surface area contributed by atoms with Gasteiger partial charge in [-0.1, -0.05) is 12.1 Å². The average molecular weight is 355 g/mol. The number of halogens is 2. The van der Waals surface area contributed by atoms with E-state index in [1.165, 1.54) is 12.3 Å². The van der Waals surface area contributed by atoms with E-state index in [9.17, 15) is 13.6 Å². The minimum absolute atomic E-state index is 0.0140. The Morgan fingerprint density at radius 3 is 2.54 bits per heavy atom. The number of aromatic nitrogens is 1. The van der Waals surface area contributed by atoms with E-state index in [4.69, 9.17) is 4.74 Å². The van der Waals surface area contributed by atoms with Crippen LogP contribution in [-0.2, 0) is 0 Å². The van der Waals surface area contributed by atoms with Crippen molar-refractivity contribution in [3.8, 4) is 5.75 Å². The van der Waals surface area contributed by atoms with E-state index < -0.39 is 17.5 Å². The molecular formula is C19H15F2N3O2. The summed E-state index contributed by atoms with van der Waals surface area (Å²) in [5.74, 6) is -1.41. The molecule has 3 aromatic rings. The summed E-state index contributed by atoms with van der Waals surface area (Å²) >= 11 is 0. The lowest BCUT2D eigenvalue weighted by atomic mass is 10.2. The molecule has 5 nitrogen and oxygen atoms in total. The minimum Gasteiger partial charge on any atom is -0.495 e. The van der Waals surface area contributed by atoms with E-state index in [0.717, 1.165) is 17.8 Å². The number of amides is 1. The van der Waals surface area contributed by atoms with Crippen molar-refractivity contribution in [1.29, 1.82) is 0 Å². The fraction of sp³-hybridized carbons (Fsp3) is 0.0526. The summed E-state index contributed by atoms with van der Waals surface area (Å²) in [6, 6.07) is 13.7. The van der Waals surface area contributed by atoms with Crippen LogP contribution in [0.15, 0.2) is 60.8 Å².